The van der Waals surface area contributed by atoms with Crippen LogP contribution >= 0.6 is 15.9 Å². The van der Waals surface area contributed by atoms with Crippen LogP contribution in [0.5, 0.6) is 11.8 Å². The van der Waals surface area contributed by atoms with Gasteiger partial charge in [-0.05, 0) is 41.1 Å². The lowest BCUT2D eigenvalue weighted by molar-refractivity contribution is 0.0696. The summed E-state index contributed by atoms with van der Waals surface area (Å²) in [7, 11) is 0. The first-order valence-corrected chi connectivity index (χ1v) is 6.13. The normalized spacial score (nSPS) is 10.3. The Hall–Kier alpha value is -1.82. The van der Waals surface area contributed by atoms with Crippen molar-refractivity contribution in [1.82, 2.24) is 9.55 Å². The number of halogens is 1. The van der Waals surface area contributed by atoms with Gasteiger partial charge in [0.15, 0.2) is 0 Å². The molecule has 0 amide bonds. The Morgan fingerprint density at radius 3 is 3.00 bits per heavy atom. The molecular formula is C12H11BrN2O3. The molecule has 0 atom stereocenters. The summed E-state index contributed by atoms with van der Waals surface area (Å²) in [4.78, 5) is 15.0. The van der Waals surface area contributed by atoms with Crippen molar-refractivity contribution in [2.24, 2.45) is 0 Å². The van der Waals surface area contributed by atoms with Gasteiger partial charge in [-0.25, -0.2) is 9.78 Å². The van der Waals surface area contributed by atoms with Crippen LogP contribution in [0.1, 0.15) is 17.3 Å². The summed E-state index contributed by atoms with van der Waals surface area (Å²) >= 11 is 3.32. The number of aromatic nitrogens is 2. The summed E-state index contributed by atoms with van der Waals surface area (Å²) in [5.74, 6) is -0.568. The van der Waals surface area contributed by atoms with E-state index >= 15 is 0 Å². The predicted octanol–water partition coefficient (Wildman–Crippen LogP) is 3.16. The average molecular weight is 311 g/mol. The fourth-order valence-electron chi connectivity index (χ4n) is 1.45. The van der Waals surface area contributed by atoms with Crippen molar-refractivity contribution in [3.63, 3.8) is 0 Å². The zero-order chi connectivity index (χ0) is 13.1. The van der Waals surface area contributed by atoms with Gasteiger partial charge >= 0.3 is 12.0 Å². The van der Waals surface area contributed by atoms with Gasteiger partial charge in [0.1, 0.15) is 5.75 Å². The van der Waals surface area contributed by atoms with Gasteiger partial charge in [-0.2, -0.15) is 0 Å². The maximum atomic E-state index is 10.9. The van der Waals surface area contributed by atoms with Crippen LogP contribution in [-0.2, 0) is 6.54 Å². The van der Waals surface area contributed by atoms with Crippen molar-refractivity contribution >= 4 is 21.9 Å². The van der Waals surface area contributed by atoms with Gasteiger partial charge in [0.05, 0.1) is 10.0 Å². The number of aromatic carboxylic acids is 1. The fourth-order valence-corrected chi connectivity index (χ4v) is 1.78. The maximum absolute atomic E-state index is 10.9. The van der Waals surface area contributed by atoms with Gasteiger partial charge in [-0.3, -0.25) is 0 Å². The molecule has 1 aromatic carbocycles. The van der Waals surface area contributed by atoms with Gasteiger partial charge in [0.25, 0.3) is 0 Å². The van der Waals surface area contributed by atoms with Crippen molar-refractivity contribution in [2.75, 3.05) is 0 Å². The predicted molar refractivity (Wildman–Crippen MR) is 69.1 cm³/mol. The molecule has 1 aromatic heterocycles. The third-order valence-corrected chi connectivity index (χ3v) is 3.05. The van der Waals surface area contributed by atoms with E-state index in [0.717, 1.165) is 6.54 Å². The van der Waals surface area contributed by atoms with Gasteiger partial charge in [0.2, 0.25) is 0 Å². The summed E-state index contributed by atoms with van der Waals surface area (Å²) < 4.78 is 8.10. The second-order valence-corrected chi connectivity index (χ2v) is 4.40. The summed E-state index contributed by atoms with van der Waals surface area (Å²) in [6.07, 6.45) is 3.43. The molecule has 0 unspecified atom stereocenters. The van der Waals surface area contributed by atoms with Crippen LogP contribution in [0.15, 0.2) is 35.1 Å². The number of hydrogen-bond donors (Lipinski definition) is 1. The highest BCUT2D eigenvalue weighted by atomic mass is 79.9. The minimum absolute atomic E-state index is 0.169. The molecule has 94 valence electrons. The Labute approximate surface area is 112 Å². The second kappa shape index (κ2) is 5.22. The lowest BCUT2D eigenvalue weighted by atomic mass is 10.2. The van der Waals surface area contributed by atoms with Gasteiger partial charge in [-0.15, -0.1) is 0 Å². The molecule has 0 fully saturated rings. The molecule has 0 aliphatic rings. The van der Waals surface area contributed by atoms with Crippen LogP contribution in [0, 0.1) is 0 Å². The van der Waals surface area contributed by atoms with Crippen molar-refractivity contribution < 1.29 is 14.6 Å². The maximum Gasteiger partial charge on any atom is 0.335 e. The fraction of sp³-hybridized carbons (Fsp3) is 0.167. The van der Waals surface area contributed by atoms with Crippen molar-refractivity contribution in [2.45, 2.75) is 13.5 Å². The average Bonchev–Trinajstić information content (AvgIpc) is 2.79. The molecule has 0 aliphatic heterocycles. The molecule has 1 heterocycles. The van der Waals surface area contributed by atoms with E-state index in [-0.39, 0.29) is 5.56 Å². The number of carboxylic acids is 1. The van der Waals surface area contributed by atoms with E-state index in [0.29, 0.717) is 16.2 Å². The number of carbonyl (C=O) groups is 1. The molecule has 0 saturated carbocycles. The lowest BCUT2D eigenvalue weighted by Gasteiger charge is -2.09. The van der Waals surface area contributed by atoms with E-state index in [9.17, 15) is 4.79 Å². The second-order valence-electron chi connectivity index (χ2n) is 3.55. The highest BCUT2D eigenvalue weighted by Gasteiger charge is 2.11. The zero-order valence-corrected chi connectivity index (χ0v) is 11.2. The topological polar surface area (TPSA) is 64.4 Å². The number of carboxylic acid groups (broad SMARTS) is 1. The molecular weight excluding hydrogens is 300 g/mol. The molecule has 1 N–H and O–H groups in total. The minimum Gasteiger partial charge on any atom is -0.478 e. The Morgan fingerprint density at radius 2 is 2.33 bits per heavy atom. The van der Waals surface area contributed by atoms with E-state index in [1.165, 1.54) is 12.1 Å². The number of aryl methyl sites for hydroxylation is 1. The smallest absolute Gasteiger partial charge is 0.335 e. The van der Waals surface area contributed by atoms with E-state index in [1.54, 1.807) is 18.5 Å². The third kappa shape index (κ3) is 2.53. The zero-order valence-electron chi connectivity index (χ0n) is 9.63. The number of hydrogen-bond acceptors (Lipinski definition) is 3. The van der Waals surface area contributed by atoms with Crippen LogP contribution in [0.3, 0.4) is 0 Å². The van der Waals surface area contributed by atoms with Gasteiger partial charge in [0, 0.05) is 18.9 Å². The van der Waals surface area contributed by atoms with Gasteiger partial charge in [-0.1, -0.05) is 0 Å². The Kier molecular flexibility index (Phi) is 3.66. The summed E-state index contributed by atoms with van der Waals surface area (Å²) in [6.45, 7) is 2.70. The highest BCUT2D eigenvalue weighted by Crippen LogP contribution is 2.30. The summed E-state index contributed by atoms with van der Waals surface area (Å²) in [5.41, 5.74) is 0.169. The Balaban J connectivity index is 2.33. The van der Waals surface area contributed by atoms with E-state index in [4.69, 9.17) is 9.84 Å². The van der Waals surface area contributed by atoms with Crippen molar-refractivity contribution in [3.05, 3.63) is 40.6 Å². The molecule has 0 saturated heterocycles. The van der Waals surface area contributed by atoms with Crippen LogP contribution < -0.4 is 4.74 Å². The van der Waals surface area contributed by atoms with E-state index < -0.39 is 5.97 Å². The number of rotatable bonds is 4. The molecule has 0 bridgehead atoms. The highest BCUT2D eigenvalue weighted by molar-refractivity contribution is 9.10. The van der Waals surface area contributed by atoms with Crippen LogP contribution in [0.25, 0.3) is 0 Å². The number of imidazole rings is 1. The molecule has 2 aromatic rings. The minimum atomic E-state index is -0.994. The SMILES string of the molecule is CCn1ccnc1Oc1cc(C(=O)O)ccc1Br. The summed E-state index contributed by atoms with van der Waals surface area (Å²) in [6, 6.07) is 5.03. The third-order valence-electron chi connectivity index (χ3n) is 2.40. The number of ether oxygens (including phenoxy) is 1. The Morgan fingerprint density at radius 1 is 1.56 bits per heavy atom. The monoisotopic (exact) mass is 310 g/mol. The van der Waals surface area contributed by atoms with Crippen LogP contribution in [-0.4, -0.2) is 20.6 Å². The Bertz CT molecular complexity index is 580. The van der Waals surface area contributed by atoms with Crippen molar-refractivity contribution in [3.8, 4) is 11.8 Å². The first-order chi connectivity index (χ1) is 8.61. The molecule has 18 heavy (non-hydrogen) atoms. The standard InChI is InChI=1S/C12H11BrN2O3/c1-2-15-6-5-14-12(15)18-10-7-8(11(16)17)3-4-9(10)13/h3-7H,2H2,1H3,(H,16,17). The van der Waals surface area contributed by atoms with Crippen LogP contribution in [0.4, 0.5) is 0 Å². The van der Waals surface area contributed by atoms with Crippen LogP contribution in [0.2, 0.25) is 0 Å². The van der Waals surface area contributed by atoms with E-state index in [2.05, 4.69) is 20.9 Å². The lowest BCUT2D eigenvalue weighted by Crippen LogP contribution is -2.00. The quantitative estimate of drug-likeness (QED) is 0.942. The molecule has 5 nitrogen and oxygen atoms in total. The first-order valence-electron chi connectivity index (χ1n) is 5.33. The largest absolute Gasteiger partial charge is 0.478 e. The molecule has 0 spiro atoms. The van der Waals surface area contributed by atoms with Gasteiger partial charge < -0.3 is 14.4 Å². The molecule has 2 rings (SSSR count). The number of nitrogens with zero attached hydrogens (tertiary/aromatic N) is 2. The molecule has 6 heteroatoms. The number of benzene rings is 1. The van der Waals surface area contributed by atoms with Crippen molar-refractivity contribution in [1.29, 1.82) is 0 Å². The summed E-state index contributed by atoms with van der Waals surface area (Å²) in [5, 5.41) is 8.94. The first kappa shape index (κ1) is 12.6. The molecule has 0 radical (unpaired) electrons. The van der Waals surface area contributed by atoms with E-state index in [1.807, 2.05) is 11.5 Å². The molecule has 0 aliphatic carbocycles.